The van der Waals surface area contributed by atoms with Gasteiger partial charge in [0.2, 0.25) is 0 Å². The van der Waals surface area contributed by atoms with Gasteiger partial charge in [-0.25, -0.2) is 9.59 Å². The monoisotopic (exact) mass is 321 g/mol. The fraction of sp³-hybridized carbons (Fsp3) is 0.412. The van der Waals surface area contributed by atoms with Gasteiger partial charge in [0.05, 0.1) is 12.7 Å². The van der Waals surface area contributed by atoms with Crippen molar-refractivity contribution in [1.82, 2.24) is 5.32 Å². The maximum absolute atomic E-state index is 11.4. The number of hydrogen-bond acceptors (Lipinski definition) is 5. The zero-order valence-corrected chi connectivity index (χ0v) is 13.9. The Labute approximate surface area is 136 Å². The molecule has 0 spiro atoms. The fourth-order valence-corrected chi connectivity index (χ4v) is 1.71. The molecule has 6 nitrogen and oxygen atoms in total. The summed E-state index contributed by atoms with van der Waals surface area (Å²) >= 11 is 0. The van der Waals surface area contributed by atoms with Crippen molar-refractivity contribution in [3.05, 3.63) is 35.4 Å². The van der Waals surface area contributed by atoms with Crippen LogP contribution in [0.5, 0.6) is 5.75 Å². The number of alkyl carbamates (subject to hydrolysis) is 1. The zero-order valence-electron chi connectivity index (χ0n) is 13.9. The normalized spacial score (nSPS) is 11.3. The Morgan fingerprint density at radius 1 is 1.30 bits per heavy atom. The lowest BCUT2D eigenvalue weighted by Crippen LogP contribution is -2.32. The lowest BCUT2D eigenvalue weighted by atomic mass is 10.1. The second kappa shape index (κ2) is 8.22. The van der Waals surface area contributed by atoms with Crippen molar-refractivity contribution in [3.63, 3.8) is 0 Å². The van der Waals surface area contributed by atoms with E-state index in [1.54, 1.807) is 39.0 Å². The molecular weight excluding hydrogens is 298 g/mol. The third-order valence-electron chi connectivity index (χ3n) is 2.73. The molecule has 0 atom stereocenters. The van der Waals surface area contributed by atoms with Crippen molar-refractivity contribution in [2.45, 2.75) is 32.8 Å². The Kier molecular flexibility index (Phi) is 6.63. The average Bonchev–Trinajstić information content (AvgIpc) is 2.45. The minimum Gasteiger partial charge on any atom is -0.507 e. The Morgan fingerprint density at radius 2 is 2.00 bits per heavy atom. The van der Waals surface area contributed by atoms with Gasteiger partial charge in [-0.15, -0.1) is 0 Å². The Hall–Kier alpha value is -2.50. The molecule has 0 aliphatic carbocycles. The SMILES string of the molecule is COC(=O)c1ccc(C=CCCNC(=O)OC(C)(C)C)c(O)c1. The standard InChI is InChI=1S/C17H23NO5/c1-17(2,3)23-16(21)18-10-6-5-7-12-8-9-13(11-14(12)19)15(20)22-4/h5,7-9,11,19H,6,10H2,1-4H3,(H,18,21). The predicted octanol–water partition coefficient (Wildman–Crippen LogP) is 3.11. The van der Waals surface area contributed by atoms with E-state index in [1.165, 1.54) is 13.2 Å². The summed E-state index contributed by atoms with van der Waals surface area (Å²) in [4.78, 5) is 22.8. The highest BCUT2D eigenvalue weighted by molar-refractivity contribution is 5.90. The fourth-order valence-electron chi connectivity index (χ4n) is 1.71. The number of esters is 1. The van der Waals surface area contributed by atoms with E-state index in [9.17, 15) is 14.7 Å². The van der Waals surface area contributed by atoms with Crippen molar-refractivity contribution in [3.8, 4) is 5.75 Å². The molecule has 0 saturated carbocycles. The van der Waals surface area contributed by atoms with Crippen molar-refractivity contribution < 1.29 is 24.2 Å². The Morgan fingerprint density at radius 3 is 2.57 bits per heavy atom. The molecule has 1 aromatic rings. The summed E-state index contributed by atoms with van der Waals surface area (Å²) in [5.41, 5.74) is 0.344. The van der Waals surface area contributed by atoms with Crippen molar-refractivity contribution >= 4 is 18.1 Å². The summed E-state index contributed by atoms with van der Waals surface area (Å²) < 4.78 is 9.69. The van der Waals surface area contributed by atoms with E-state index in [0.717, 1.165) is 0 Å². The second-order valence-corrected chi connectivity index (χ2v) is 5.88. The highest BCUT2D eigenvalue weighted by Crippen LogP contribution is 2.20. The summed E-state index contributed by atoms with van der Waals surface area (Å²) in [6, 6.07) is 4.55. The molecule has 0 aromatic heterocycles. The van der Waals surface area contributed by atoms with Gasteiger partial charge in [0.15, 0.2) is 0 Å². The minimum absolute atomic E-state index is 0.00995. The average molecular weight is 321 g/mol. The van der Waals surface area contributed by atoms with E-state index < -0.39 is 17.7 Å². The number of hydrogen-bond donors (Lipinski definition) is 2. The Balaban J connectivity index is 2.47. The van der Waals surface area contributed by atoms with E-state index in [2.05, 4.69) is 10.1 Å². The van der Waals surface area contributed by atoms with Crippen molar-refractivity contribution in [2.75, 3.05) is 13.7 Å². The summed E-state index contributed by atoms with van der Waals surface area (Å²) in [6.07, 6.45) is 3.64. The van der Waals surface area contributed by atoms with Crippen LogP contribution < -0.4 is 5.32 Å². The molecule has 0 saturated heterocycles. The number of benzene rings is 1. The number of phenolic OH excluding ortho intramolecular Hbond substituents is 1. The smallest absolute Gasteiger partial charge is 0.407 e. The van der Waals surface area contributed by atoms with Crippen LogP contribution in [0, 0.1) is 0 Å². The van der Waals surface area contributed by atoms with E-state index >= 15 is 0 Å². The molecule has 1 rings (SSSR count). The summed E-state index contributed by atoms with van der Waals surface area (Å²) in [5.74, 6) is -0.512. The van der Waals surface area contributed by atoms with Gasteiger partial charge in [-0.1, -0.05) is 18.2 Å². The Bertz CT molecular complexity index is 587. The van der Waals surface area contributed by atoms with E-state index in [-0.39, 0.29) is 11.3 Å². The van der Waals surface area contributed by atoms with Crippen molar-refractivity contribution in [2.24, 2.45) is 0 Å². The van der Waals surface area contributed by atoms with E-state index in [4.69, 9.17) is 4.74 Å². The molecule has 0 unspecified atom stereocenters. The van der Waals surface area contributed by atoms with Gasteiger partial charge in [-0.3, -0.25) is 0 Å². The van der Waals surface area contributed by atoms with Crippen LogP contribution in [0.25, 0.3) is 6.08 Å². The zero-order chi connectivity index (χ0) is 17.5. The first-order valence-corrected chi connectivity index (χ1v) is 7.27. The number of nitrogens with one attached hydrogen (secondary N) is 1. The van der Waals surface area contributed by atoms with E-state index in [0.29, 0.717) is 18.5 Å². The van der Waals surface area contributed by atoms with Crippen molar-refractivity contribution in [1.29, 1.82) is 0 Å². The molecule has 0 fully saturated rings. The van der Waals surface area contributed by atoms with Crippen LogP contribution in [-0.2, 0) is 9.47 Å². The number of rotatable bonds is 5. The first-order chi connectivity index (χ1) is 10.7. The molecule has 6 heteroatoms. The molecule has 1 aromatic carbocycles. The summed E-state index contributed by atoms with van der Waals surface area (Å²) in [6.45, 7) is 5.82. The number of amides is 1. The van der Waals surface area contributed by atoms with Crippen LogP contribution in [-0.4, -0.2) is 36.4 Å². The van der Waals surface area contributed by atoms with Crippen LogP contribution in [0.4, 0.5) is 4.79 Å². The number of carbonyl (C=O) groups is 2. The van der Waals surface area contributed by atoms with Crippen LogP contribution in [0.2, 0.25) is 0 Å². The van der Waals surface area contributed by atoms with Crippen LogP contribution in [0.3, 0.4) is 0 Å². The maximum Gasteiger partial charge on any atom is 0.407 e. The molecule has 0 aliphatic heterocycles. The lowest BCUT2D eigenvalue weighted by molar-refractivity contribution is 0.0527. The van der Waals surface area contributed by atoms with Gasteiger partial charge in [0, 0.05) is 12.1 Å². The maximum atomic E-state index is 11.4. The summed E-state index contributed by atoms with van der Waals surface area (Å²) in [5, 5.41) is 12.5. The first kappa shape index (κ1) is 18.5. The second-order valence-electron chi connectivity index (χ2n) is 5.88. The minimum atomic E-state index is -0.521. The van der Waals surface area contributed by atoms with Gasteiger partial charge in [-0.05, 0) is 39.3 Å². The largest absolute Gasteiger partial charge is 0.507 e. The number of ether oxygens (including phenoxy) is 2. The number of phenols is 1. The molecule has 1 amide bonds. The predicted molar refractivity (Wildman–Crippen MR) is 87.3 cm³/mol. The third-order valence-corrected chi connectivity index (χ3v) is 2.73. The molecule has 23 heavy (non-hydrogen) atoms. The number of carbonyl (C=O) groups excluding carboxylic acids is 2. The lowest BCUT2D eigenvalue weighted by Gasteiger charge is -2.19. The highest BCUT2D eigenvalue weighted by atomic mass is 16.6. The van der Waals surface area contributed by atoms with Crippen LogP contribution in [0.15, 0.2) is 24.3 Å². The topological polar surface area (TPSA) is 84.9 Å². The van der Waals surface area contributed by atoms with Gasteiger partial charge < -0.3 is 19.9 Å². The summed E-state index contributed by atoms with van der Waals surface area (Å²) in [7, 11) is 1.28. The molecule has 2 N–H and O–H groups in total. The molecule has 0 heterocycles. The highest BCUT2D eigenvalue weighted by Gasteiger charge is 2.15. The van der Waals surface area contributed by atoms with Gasteiger partial charge in [0.1, 0.15) is 11.4 Å². The molecule has 0 radical (unpaired) electrons. The third kappa shape index (κ3) is 6.86. The number of aromatic hydroxyl groups is 1. The molecule has 0 aliphatic rings. The molecule has 126 valence electrons. The quantitative estimate of drug-likeness (QED) is 0.643. The van der Waals surface area contributed by atoms with E-state index in [1.807, 2.05) is 6.08 Å². The van der Waals surface area contributed by atoms with Gasteiger partial charge in [0.25, 0.3) is 0 Å². The molecular formula is C17H23NO5. The van der Waals surface area contributed by atoms with Crippen LogP contribution >= 0.6 is 0 Å². The first-order valence-electron chi connectivity index (χ1n) is 7.27. The van der Waals surface area contributed by atoms with Crippen LogP contribution in [0.1, 0.15) is 43.1 Å². The number of methoxy groups -OCH3 is 1. The van der Waals surface area contributed by atoms with Gasteiger partial charge >= 0.3 is 12.1 Å². The van der Waals surface area contributed by atoms with Gasteiger partial charge in [-0.2, -0.15) is 0 Å². The molecule has 0 bridgehead atoms.